The van der Waals surface area contributed by atoms with Gasteiger partial charge in [-0.25, -0.2) is 9.37 Å². The lowest BCUT2D eigenvalue weighted by molar-refractivity contribution is -0.237. The van der Waals surface area contributed by atoms with Crippen molar-refractivity contribution in [1.82, 2.24) is 4.98 Å². The van der Waals surface area contributed by atoms with E-state index in [1.54, 1.807) is 0 Å². The summed E-state index contributed by atoms with van der Waals surface area (Å²) >= 11 is -0.841. The van der Waals surface area contributed by atoms with E-state index in [-0.39, 0.29) is 0 Å². The number of nitrogens with two attached hydrogens (primary N) is 1. The molecule has 0 amide bonds. The summed E-state index contributed by atoms with van der Waals surface area (Å²) in [7, 11) is 0. The van der Waals surface area contributed by atoms with Gasteiger partial charge in [0.1, 0.15) is 0 Å². The van der Waals surface area contributed by atoms with Crippen molar-refractivity contribution in [2.45, 2.75) is 16.3 Å². The molecule has 0 bridgehead atoms. The van der Waals surface area contributed by atoms with Gasteiger partial charge in [0.2, 0.25) is 0 Å². The third-order valence-electron chi connectivity index (χ3n) is 1.42. The number of nitrogens with zero attached hydrogens (tertiary/aromatic N) is 1. The van der Waals surface area contributed by atoms with Crippen LogP contribution >= 0.6 is 11.8 Å². The summed E-state index contributed by atoms with van der Waals surface area (Å²) in [5, 5.41) is -5.00. The smallest absolute Gasteiger partial charge is 0.381 e. The van der Waals surface area contributed by atoms with Crippen LogP contribution in [0.4, 0.5) is 32.2 Å². The molecule has 0 unspecified atom stereocenters. The van der Waals surface area contributed by atoms with Crippen molar-refractivity contribution in [3.63, 3.8) is 0 Å². The summed E-state index contributed by atoms with van der Waals surface area (Å²) in [4.78, 5) is 2.47. The van der Waals surface area contributed by atoms with Crippen molar-refractivity contribution in [3.8, 4) is 0 Å². The average Bonchev–Trinajstić information content (AvgIpc) is 2.09. The Balaban J connectivity index is 2.93. The molecule has 2 nitrogen and oxygen atoms in total. The molecule has 9 heteroatoms. The quantitative estimate of drug-likeness (QED) is 0.657. The third-order valence-corrected chi connectivity index (χ3v) is 2.37. The fourth-order valence-electron chi connectivity index (χ4n) is 0.693. The SMILES string of the molecule is Nc1ncc(SC(F)(F)C(F)(F)F)cc1F. The minimum Gasteiger partial charge on any atom is -0.381 e. The molecule has 2 N–H and O–H groups in total. The highest BCUT2D eigenvalue weighted by Crippen LogP contribution is 2.47. The number of halogens is 6. The predicted octanol–water partition coefficient (Wildman–Crippen LogP) is 3.05. The molecule has 16 heavy (non-hydrogen) atoms. The van der Waals surface area contributed by atoms with E-state index in [0.717, 1.165) is 0 Å². The van der Waals surface area contributed by atoms with Crippen LogP contribution in [0.15, 0.2) is 17.2 Å². The first kappa shape index (κ1) is 12.9. The number of anilines is 1. The first-order valence-corrected chi connectivity index (χ1v) is 4.50. The summed E-state index contributed by atoms with van der Waals surface area (Å²) in [6.07, 6.45) is -5.07. The van der Waals surface area contributed by atoms with Crippen LogP contribution in [0.3, 0.4) is 0 Å². The molecule has 0 saturated heterocycles. The standard InChI is InChI=1S/C7H4F6N2S/c8-4-1-3(2-15-5(4)14)16-7(12,13)6(9,10)11/h1-2H,(H2,14,15). The molecular weight excluding hydrogens is 258 g/mol. The predicted molar refractivity (Wildman–Crippen MR) is 45.5 cm³/mol. The average molecular weight is 262 g/mol. The number of hydrogen-bond donors (Lipinski definition) is 1. The van der Waals surface area contributed by atoms with E-state index in [9.17, 15) is 26.3 Å². The van der Waals surface area contributed by atoms with Gasteiger partial charge in [0.15, 0.2) is 11.6 Å². The van der Waals surface area contributed by atoms with Gasteiger partial charge in [0, 0.05) is 11.1 Å². The molecule has 0 saturated carbocycles. The Hall–Kier alpha value is -1.12. The van der Waals surface area contributed by atoms with Crippen LogP contribution in [0, 0.1) is 5.82 Å². The van der Waals surface area contributed by atoms with Gasteiger partial charge >= 0.3 is 11.4 Å². The van der Waals surface area contributed by atoms with E-state index in [0.29, 0.717) is 12.3 Å². The van der Waals surface area contributed by atoms with E-state index < -0.39 is 39.7 Å². The second-order valence-corrected chi connectivity index (χ2v) is 3.84. The number of rotatable bonds is 2. The molecule has 0 aromatic carbocycles. The highest BCUT2D eigenvalue weighted by molar-refractivity contribution is 8.00. The van der Waals surface area contributed by atoms with Gasteiger partial charge in [-0.15, -0.1) is 0 Å². The third kappa shape index (κ3) is 2.71. The van der Waals surface area contributed by atoms with Crippen LogP contribution in [-0.4, -0.2) is 16.4 Å². The molecule has 1 rings (SSSR count). The number of thioether (sulfide) groups is 1. The van der Waals surface area contributed by atoms with Crippen LogP contribution in [-0.2, 0) is 0 Å². The van der Waals surface area contributed by atoms with Crippen molar-refractivity contribution < 1.29 is 26.3 Å². The van der Waals surface area contributed by atoms with Crippen molar-refractivity contribution in [3.05, 3.63) is 18.1 Å². The fourth-order valence-corrected chi connectivity index (χ4v) is 1.37. The highest BCUT2D eigenvalue weighted by atomic mass is 32.2. The summed E-state index contributed by atoms with van der Waals surface area (Å²) < 4.78 is 73.1. The molecular formula is C7H4F6N2S. The Morgan fingerprint density at radius 2 is 1.75 bits per heavy atom. The molecule has 0 radical (unpaired) electrons. The summed E-state index contributed by atoms with van der Waals surface area (Å²) in [6, 6.07) is 0.465. The molecule has 0 spiro atoms. The van der Waals surface area contributed by atoms with Gasteiger partial charge in [-0.1, -0.05) is 0 Å². The zero-order valence-electron chi connectivity index (χ0n) is 7.36. The molecule has 0 atom stereocenters. The van der Waals surface area contributed by atoms with Gasteiger partial charge in [-0.3, -0.25) is 0 Å². The van der Waals surface area contributed by atoms with Gasteiger partial charge in [-0.05, 0) is 17.8 Å². The molecule has 1 aromatic rings. The molecule has 0 aliphatic heterocycles. The minimum atomic E-state index is -5.71. The lowest BCUT2D eigenvalue weighted by Crippen LogP contribution is -2.32. The van der Waals surface area contributed by atoms with Crippen LogP contribution in [0.2, 0.25) is 0 Å². The number of pyridine rings is 1. The first-order valence-electron chi connectivity index (χ1n) is 3.68. The Kier molecular flexibility index (Phi) is 3.27. The molecule has 1 heterocycles. The molecule has 0 aliphatic rings. The summed E-state index contributed by atoms with van der Waals surface area (Å²) in [5.74, 6) is -1.72. The Labute approximate surface area is 89.8 Å². The maximum absolute atomic E-state index is 12.7. The Morgan fingerprint density at radius 1 is 1.19 bits per heavy atom. The maximum atomic E-state index is 12.7. The first-order chi connectivity index (χ1) is 7.13. The fraction of sp³-hybridized carbons (Fsp3) is 0.286. The van der Waals surface area contributed by atoms with Crippen LogP contribution in [0.25, 0.3) is 0 Å². The molecule has 1 aromatic heterocycles. The number of hydrogen-bond acceptors (Lipinski definition) is 3. The van der Waals surface area contributed by atoms with Gasteiger partial charge in [-0.2, -0.15) is 22.0 Å². The van der Waals surface area contributed by atoms with Crippen LogP contribution in [0.1, 0.15) is 0 Å². The van der Waals surface area contributed by atoms with Crippen molar-refractivity contribution in [2.75, 3.05) is 5.73 Å². The van der Waals surface area contributed by atoms with Crippen molar-refractivity contribution >= 4 is 17.6 Å². The number of aromatic nitrogens is 1. The van der Waals surface area contributed by atoms with Crippen LogP contribution < -0.4 is 5.73 Å². The van der Waals surface area contributed by atoms with Crippen molar-refractivity contribution in [2.24, 2.45) is 0 Å². The second kappa shape index (κ2) is 4.04. The van der Waals surface area contributed by atoms with Gasteiger partial charge < -0.3 is 5.73 Å². The normalized spacial score (nSPS) is 12.9. The Morgan fingerprint density at radius 3 is 2.19 bits per heavy atom. The maximum Gasteiger partial charge on any atom is 0.464 e. The largest absolute Gasteiger partial charge is 0.464 e. The zero-order valence-corrected chi connectivity index (χ0v) is 8.17. The summed E-state index contributed by atoms with van der Waals surface area (Å²) in [6.45, 7) is 0. The molecule has 90 valence electrons. The number of alkyl halides is 5. The molecule has 0 fully saturated rings. The van der Waals surface area contributed by atoms with Crippen molar-refractivity contribution in [1.29, 1.82) is 0 Å². The lowest BCUT2D eigenvalue weighted by atomic mass is 10.4. The molecule has 0 aliphatic carbocycles. The highest BCUT2D eigenvalue weighted by Gasteiger charge is 2.58. The monoisotopic (exact) mass is 262 g/mol. The topological polar surface area (TPSA) is 38.9 Å². The van der Waals surface area contributed by atoms with E-state index in [4.69, 9.17) is 5.73 Å². The summed E-state index contributed by atoms with van der Waals surface area (Å²) in [5.41, 5.74) is 4.93. The Bertz CT molecular complexity index is 391. The minimum absolute atomic E-state index is 0.465. The van der Waals surface area contributed by atoms with E-state index in [1.165, 1.54) is 0 Å². The van der Waals surface area contributed by atoms with E-state index in [1.807, 2.05) is 0 Å². The van der Waals surface area contributed by atoms with E-state index >= 15 is 0 Å². The van der Waals surface area contributed by atoms with E-state index in [2.05, 4.69) is 4.98 Å². The van der Waals surface area contributed by atoms with Crippen LogP contribution in [0.5, 0.6) is 0 Å². The van der Waals surface area contributed by atoms with Gasteiger partial charge in [0.25, 0.3) is 0 Å². The number of nitrogen functional groups attached to an aromatic ring is 1. The second-order valence-electron chi connectivity index (χ2n) is 2.65. The zero-order chi connectivity index (χ0) is 12.6. The van der Waals surface area contributed by atoms with Gasteiger partial charge in [0.05, 0.1) is 0 Å². The lowest BCUT2D eigenvalue weighted by Gasteiger charge is -2.18.